The third-order valence-corrected chi connectivity index (χ3v) is 4.38. The molecule has 2 rings (SSSR count). The van der Waals surface area contributed by atoms with Gasteiger partial charge in [-0.05, 0) is 32.9 Å². The van der Waals surface area contributed by atoms with E-state index in [1.165, 1.54) is 13.1 Å². The van der Waals surface area contributed by atoms with Crippen LogP contribution in [0.15, 0.2) is 24.4 Å². The van der Waals surface area contributed by atoms with Crippen LogP contribution in [0.25, 0.3) is 0 Å². The first kappa shape index (κ1) is 19.1. The molecule has 0 amide bonds. The first-order valence-electron chi connectivity index (χ1n) is 8.32. The number of ether oxygens (including phenoxy) is 2. The number of ketones is 1. The molecule has 0 spiro atoms. The molecule has 1 aliphatic carbocycles. The monoisotopic (exact) mass is 349 g/mol. The smallest absolute Gasteiger partial charge is 0.317 e. The van der Waals surface area contributed by atoms with Crippen LogP contribution in [0, 0.1) is 11.8 Å². The molecule has 0 bridgehead atoms. The van der Waals surface area contributed by atoms with Gasteiger partial charge in [0.05, 0.1) is 24.7 Å². The van der Waals surface area contributed by atoms with E-state index in [2.05, 4.69) is 4.98 Å². The van der Waals surface area contributed by atoms with E-state index in [0.717, 1.165) is 0 Å². The molecule has 1 fully saturated rings. The summed E-state index contributed by atoms with van der Waals surface area (Å²) >= 11 is 0. The topological polar surface area (TPSA) is 103 Å². The zero-order chi connectivity index (χ0) is 18.6. The highest BCUT2D eigenvalue weighted by Gasteiger charge is 2.57. The molecule has 4 atom stereocenters. The van der Waals surface area contributed by atoms with Gasteiger partial charge in [-0.25, -0.2) is 0 Å². The van der Waals surface area contributed by atoms with Crippen molar-refractivity contribution in [3.63, 3.8) is 0 Å². The Morgan fingerprint density at radius 3 is 2.44 bits per heavy atom. The molecule has 7 heteroatoms. The standard InChI is InChI=1S/C18H23NO6/c1-4-24-16(21)14-12(20)10-18(3,23)15(17(22)25-5-2)13(14)11-8-6-7-9-19-11/h6-9,13-15,23H,4-5,10H2,1-3H3/t13-,14+,15+,18-/m0/s1. The second-order valence-corrected chi connectivity index (χ2v) is 6.24. The van der Waals surface area contributed by atoms with Crippen LogP contribution in [0.5, 0.6) is 0 Å². The molecule has 1 aromatic rings. The van der Waals surface area contributed by atoms with Crippen molar-refractivity contribution in [2.75, 3.05) is 13.2 Å². The normalized spacial score (nSPS) is 29.1. The lowest BCUT2D eigenvalue weighted by Gasteiger charge is -2.43. The molecule has 0 aromatic carbocycles. The van der Waals surface area contributed by atoms with E-state index in [1.807, 2.05) is 0 Å². The first-order chi connectivity index (χ1) is 11.8. The summed E-state index contributed by atoms with van der Waals surface area (Å²) in [5.41, 5.74) is -1.28. The number of aliphatic hydroxyl groups is 1. The van der Waals surface area contributed by atoms with Gasteiger partial charge in [0, 0.05) is 24.2 Å². The molecule has 7 nitrogen and oxygen atoms in total. The fourth-order valence-corrected chi connectivity index (χ4v) is 3.41. The highest BCUT2D eigenvalue weighted by molar-refractivity contribution is 6.02. The molecule has 0 radical (unpaired) electrons. The van der Waals surface area contributed by atoms with Gasteiger partial charge in [-0.1, -0.05) is 6.07 Å². The summed E-state index contributed by atoms with van der Waals surface area (Å²) in [4.78, 5) is 41.8. The number of nitrogens with zero attached hydrogens (tertiary/aromatic N) is 1. The van der Waals surface area contributed by atoms with Gasteiger partial charge < -0.3 is 14.6 Å². The number of rotatable bonds is 5. The molecule has 0 unspecified atom stereocenters. The van der Waals surface area contributed by atoms with E-state index in [1.54, 1.807) is 32.0 Å². The van der Waals surface area contributed by atoms with E-state index in [-0.39, 0.29) is 19.6 Å². The second-order valence-electron chi connectivity index (χ2n) is 6.24. The molecule has 136 valence electrons. The summed E-state index contributed by atoms with van der Waals surface area (Å²) in [6.07, 6.45) is 1.18. The van der Waals surface area contributed by atoms with Crippen LogP contribution in [-0.2, 0) is 23.9 Å². The molecular weight excluding hydrogens is 326 g/mol. The number of hydrogen-bond acceptors (Lipinski definition) is 7. The lowest BCUT2D eigenvalue weighted by atomic mass is 9.62. The fourth-order valence-electron chi connectivity index (χ4n) is 3.41. The summed E-state index contributed by atoms with van der Waals surface area (Å²) in [6.45, 7) is 4.93. The van der Waals surface area contributed by atoms with Crippen LogP contribution >= 0.6 is 0 Å². The molecule has 0 aliphatic heterocycles. The summed E-state index contributed by atoms with van der Waals surface area (Å²) < 4.78 is 10.1. The Morgan fingerprint density at radius 1 is 1.24 bits per heavy atom. The predicted octanol–water partition coefficient (Wildman–Crippen LogP) is 1.25. The Morgan fingerprint density at radius 2 is 1.88 bits per heavy atom. The van der Waals surface area contributed by atoms with Gasteiger partial charge in [0.15, 0.2) is 5.78 Å². The van der Waals surface area contributed by atoms with Crippen molar-refractivity contribution >= 4 is 17.7 Å². The van der Waals surface area contributed by atoms with Gasteiger partial charge in [-0.15, -0.1) is 0 Å². The molecule has 1 aliphatic rings. The number of carbonyl (C=O) groups is 3. The highest BCUT2D eigenvalue weighted by atomic mass is 16.5. The Kier molecular flexibility index (Phi) is 5.89. The fraction of sp³-hybridized carbons (Fsp3) is 0.556. The number of hydrogen-bond donors (Lipinski definition) is 1. The Labute approximate surface area is 146 Å². The van der Waals surface area contributed by atoms with E-state index < -0.39 is 41.1 Å². The minimum absolute atomic E-state index is 0.109. The average molecular weight is 349 g/mol. The maximum Gasteiger partial charge on any atom is 0.317 e. The SMILES string of the molecule is CCOC(=O)[C@@H]1C(=O)C[C@](C)(O)[C@@H](C(=O)OCC)[C@H]1c1ccccn1. The van der Waals surface area contributed by atoms with Gasteiger partial charge in [-0.2, -0.15) is 0 Å². The largest absolute Gasteiger partial charge is 0.466 e. The van der Waals surface area contributed by atoms with Crippen molar-refractivity contribution in [1.29, 1.82) is 0 Å². The molecule has 1 N–H and O–H groups in total. The molecule has 1 saturated carbocycles. The van der Waals surface area contributed by atoms with Gasteiger partial charge in [0.2, 0.25) is 0 Å². The predicted molar refractivity (Wildman–Crippen MR) is 87.5 cm³/mol. The lowest BCUT2D eigenvalue weighted by molar-refractivity contribution is -0.172. The number of Topliss-reactive ketones (excluding diaryl/α,β-unsaturated/α-hetero) is 1. The summed E-state index contributed by atoms with van der Waals surface area (Å²) in [5.74, 6) is -5.10. The van der Waals surface area contributed by atoms with Gasteiger partial charge in [0.25, 0.3) is 0 Å². The third-order valence-electron chi connectivity index (χ3n) is 4.38. The number of aromatic nitrogens is 1. The third kappa shape index (κ3) is 3.87. The van der Waals surface area contributed by atoms with Crippen LogP contribution in [0.3, 0.4) is 0 Å². The van der Waals surface area contributed by atoms with Crippen LogP contribution in [-0.4, -0.2) is 46.6 Å². The van der Waals surface area contributed by atoms with Crippen LogP contribution in [0.2, 0.25) is 0 Å². The zero-order valence-electron chi connectivity index (χ0n) is 14.6. The lowest BCUT2D eigenvalue weighted by Crippen LogP contribution is -2.55. The second kappa shape index (κ2) is 7.74. The van der Waals surface area contributed by atoms with E-state index in [9.17, 15) is 19.5 Å². The average Bonchev–Trinajstić information content (AvgIpc) is 2.54. The van der Waals surface area contributed by atoms with Crippen LogP contribution < -0.4 is 0 Å². The molecule has 1 aromatic heterocycles. The minimum Gasteiger partial charge on any atom is -0.466 e. The summed E-state index contributed by atoms with van der Waals surface area (Å²) in [6, 6.07) is 5.00. The molecule has 0 saturated heterocycles. The van der Waals surface area contributed by atoms with Crippen molar-refractivity contribution in [1.82, 2.24) is 4.98 Å². The van der Waals surface area contributed by atoms with Crippen LogP contribution in [0.1, 0.15) is 38.8 Å². The quantitative estimate of drug-likeness (QED) is 0.630. The molecular formula is C18H23NO6. The highest BCUT2D eigenvalue weighted by Crippen LogP contribution is 2.46. The number of esters is 2. The van der Waals surface area contributed by atoms with Crippen molar-refractivity contribution in [3.8, 4) is 0 Å². The van der Waals surface area contributed by atoms with Crippen molar-refractivity contribution < 1.29 is 29.0 Å². The van der Waals surface area contributed by atoms with Gasteiger partial charge >= 0.3 is 11.9 Å². The minimum atomic E-state index is -1.64. The van der Waals surface area contributed by atoms with E-state index >= 15 is 0 Å². The van der Waals surface area contributed by atoms with Crippen LogP contribution in [0.4, 0.5) is 0 Å². The molecule has 1 heterocycles. The van der Waals surface area contributed by atoms with Crippen molar-refractivity contribution in [3.05, 3.63) is 30.1 Å². The zero-order valence-corrected chi connectivity index (χ0v) is 14.6. The first-order valence-corrected chi connectivity index (χ1v) is 8.32. The Hall–Kier alpha value is -2.28. The number of carbonyl (C=O) groups excluding carboxylic acids is 3. The maximum atomic E-state index is 12.6. The van der Waals surface area contributed by atoms with Crippen molar-refractivity contribution in [2.45, 2.75) is 38.7 Å². The molecule has 25 heavy (non-hydrogen) atoms. The van der Waals surface area contributed by atoms with Gasteiger partial charge in [-0.3, -0.25) is 19.4 Å². The Bertz CT molecular complexity index is 642. The van der Waals surface area contributed by atoms with Crippen molar-refractivity contribution in [2.24, 2.45) is 11.8 Å². The van der Waals surface area contributed by atoms with E-state index in [4.69, 9.17) is 9.47 Å². The maximum absolute atomic E-state index is 12.6. The number of pyridine rings is 1. The summed E-state index contributed by atoms with van der Waals surface area (Å²) in [7, 11) is 0. The summed E-state index contributed by atoms with van der Waals surface area (Å²) in [5, 5.41) is 10.8. The van der Waals surface area contributed by atoms with E-state index in [0.29, 0.717) is 5.69 Å². The Balaban J connectivity index is 2.57. The van der Waals surface area contributed by atoms with Gasteiger partial charge in [0.1, 0.15) is 5.92 Å².